The number of hydrogen-bond donors (Lipinski definition) is 1. The lowest BCUT2D eigenvalue weighted by molar-refractivity contribution is -0.162. The lowest BCUT2D eigenvalue weighted by atomic mass is 9.81. The number of carbonyl (C=O) groups is 1. The van der Waals surface area contributed by atoms with Gasteiger partial charge in [0.05, 0.1) is 18.1 Å². The third-order valence-corrected chi connectivity index (χ3v) is 2.63. The van der Waals surface area contributed by atoms with Crippen molar-refractivity contribution >= 4 is 5.97 Å². The zero-order chi connectivity index (χ0) is 12.1. The van der Waals surface area contributed by atoms with Gasteiger partial charge in [0.15, 0.2) is 0 Å². The predicted molar refractivity (Wildman–Crippen MR) is 60.5 cm³/mol. The minimum atomic E-state index is -0.818. The summed E-state index contributed by atoms with van der Waals surface area (Å²) in [5.41, 5.74) is -0.818. The molecule has 0 heterocycles. The summed E-state index contributed by atoms with van der Waals surface area (Å²) in [6.07, 6.45) is 1.21. The van der Waals surface area contributed by atoms with E-state index in [0.717, 1.165) is 12.8 Å². The summed E-state index contributed by atoms with van der Waals surface area (Å²) in [6, 6.07) is 0. The highest BCUT2D eigenvalue weighted by molar-refractivity contribution is 5.76. The summed E-state index contributed by atoms with van der Waals surface area (Å²) in [7, 11) is 0. The molecule has 0 aliphatic carbocycles. The number of hydrogen-bond acceptors (Lipinski definition) is 3. The first-order valence-corrected chi connectivity index (χ1v) is 5.69. The number of aliphatic hydroxyl groups excluding tert-OH is 1. The second-order valence-electron chi connectivity index (χ2n) is 4.90. The fraction of sp³-hybridized carbons (Fsp3) is 0.917. The van der Waals surface area contributed by atoms with Gasteiger partial charge in [-0.3, -0.25) is 4.79 Å². The van der Waals surface area contributed by atoms with Gasteiger partial charge in [0.1, 0.15) is 0 Å². The number of rotatable bonds is 6. The Kier molecular flexibility index (Phi) is 5.88. The van der Waals surface area contributed by atoms with Crippen LogP contribution in [0.3, 0.4) is 0 Å². The maximum Gasteiger partial charge on any atom is 0.314 e. The van der Waals surface area contributed by atoms with Crippen molar-refractivity contribution in [3.63, 3.8) is 0 Å². The molecule has 0 aliphatic rings. The van der Waals surface area contributed by atoms with E-state index in [1.807, 2.05) is 20.8 Å². The first kappa shape index (κ1) is 14.4. The van der Waals surface area contributed by atoms with Crippen LogP contribution in [0.1, 0.15) is 47.5 Å². The number of esters is 1. The third-order valence-electron chi connectivity index (χ3n) is 2.63. The maximum atomic E-state index is 11.7. The number of carbonyl (C=O) groups excluding carboxylic acids is 1. The Morgan fingerprint density at radius 3 is 2.33 bits per heavy atom. The molecule has 3 heteroatoms. The van der Waals surface area contributed by atoms with E-state index in [1.165, 1.54) is 0 Å². The van der Waals surface area contributed by atoms with Crippen molar-refractivity contribution in [1.82, 2.24) is 0 Å². The molecule has 1 unspecified atom stereocenters. The van der Waals surface area contributed by atoms with E-state index in [-0.39, 0.29) is 11.9 Å². The molecule has 15 heavy (non-hydrogen) atoms. The second kappa shape index (κ2) is 6.11. The molecule has 90 valence electrons. The van der Waals surface area contributed by atoms with Gasteiger partial charge < -0.3 is 9.84 Å². The Bertz CT molecular complexity index is 197. The second-order valence-corrected chi connectivity index (χ2v) is 4.90. The topological polar surface area (TPSA) is 46.5 Å². The van der Waals surface area contributed by atoms with Gasteiger partial charge in [0, 0.05) is 0 Å². The fourth-order valence-electron chi connectivity index (χ4n) is 1.45. The van der Waals surface area contributed by atoms with E-state index in [9.17, 15) is 9.90 Å². The lowest BCUT2D eigenvalue weighted by Gasteiger charge is -2.30. The van der Waals surface area contributed by atoms with Crippen LogP contribution < -0.4 is 0 Å². The molecule has 0 bridgehead atoms. The summed E-state index contributed by atoms with van der Waals surface area (Å²) >= 11 is 0. The predicted octanol–water partition coefficient (Wildman–Crippen LogP) is 2.37. The average molecular weight is 216 g/mol. The molecule has 0 aromatic heterocycles. The van der Waals surface area contributed by atoms with E-state index in [1.54, 1.807) is 13.8 Å². The third kappa shape index (κ3) is 4.20. The number of ether oxygens (including phenoxy) is 1. The monoisotopic (exact) mass is 216 g/mol. The van der Waals surface area contributed by atoms with Crippen molar-refractivity contribution in [3.8, 4) is 0 Å². The Balaban J connectivity index is 4.25. The van der Waals surface area contributed by atoms with Gasteiger partial charge in [-0.1, -0.05) is 27.2 Å². The van der Waals surface area contributed by atoms with Crippen molar-refractivity contribution in [3.05, 3.63) is 0 Å². The quantitative estimate of drug-likeness (QED) is 0.547. The van der Waals surface area contributed by atoms with Crippen molar-refractivity contribution in [1.29, 1.82) is 0 Å². The number of unbranched alkanes of at least 4 members (excludes halogenated alkanes) is 1. The molecule has 0 saturated heterocycles. The highest BCUT2D eigenvalue weighted by Gasteiger charge is 2.38. The molecule has 0 aromatic rings. The molecule has 1 N–H and O–H groups in total. The van der Waals surface area contributed by atoms with Gasteiger partial charge in [-0.2, -0.15) is 0 Å². The van der Waals surface area contributed by atoms with Crippen LogP contribution in [-0.2, 0) is 9.53 Å². The highest BCUT2D eigenvalue weighted by Crippen LogP contribution is 2.27. The lowest BCUT2D eigenvalue weighted by Crippen LogP contribution is -2.41. The molecule has 0 amide bonds. The minimum absolute atomic E-state index is 0.0544. The van der Waals surface area contributed by atoms with Crippen LogP contribution in [0.4, 0.5) is 0 Å². The first-order chi connectivity index (χ1) is 6.84. The Morgan fingerprint density at radius 1 is 1.40 bits per heavy atom. The average Bonchev–Trinajstić information content (AvgIpc) is 2.16. The van der Waals surface area contributed by atoms with E-state index in [0.29, 0.717) is 6.61 Å². The zero-order valence-corrected chi connectivity index (χ0v) is 10.5. The molecule has 0 fully saturated rings. The molecule has 1 atom stereocenters. The van der Waals surface area contributed by atoms with Crippen LogP contribution in [0.25, 0.3) is 0 Å². The first-order valence-electron chi connectivity index (χ1n) is 5.69. The SMILES string of the molecule is CCCCOC(=O)C(C)(C)C(O)C(C)C. The zero-order valence-electron chi connectivity index (χ0n) is 10.5. The van der Waals surface area contributed by atoms with E-state index in [4.69, 9.17) is 4.74 Å². The van der Waals surface area contributed by atoms with Gasteiger partial charge in [0.2, 0.25) is 0 Å². The van der Waals surface area contributed by atoms with Crippen LogP contribution in [0.2, 0.25) is 0 Å². The summed E-state index contributed by atoms with van der Waals surface area (Å²) < 4.78 is 5.12. The van der Waals surface area contributed by atoms with Crippen LogP contribution >= 0.6 is 0 Å². The van der Waals surface area contributed by atoms with E-state index in [2.05, 4.69) is 0 Å². The van der Waals surface area contributed by atoms with Gasteiger partial charge >= 0.3 is 5.97 Å². The molecular formula is C12H24O3. The molecule has 0 aromatic carbocycles. The Morgan fingerprint density at radius 2 is 1.93 bits per heavy atom. The van der Waals surface area contributed by atoms with Crippen molar-refractivity contribution in [2.45, 2.75) is 53.6 Å². The van der Waals surface area contributed by atoms with Crippen molar-refractivity contribution < 1.29 is 14.6 Å². The van der Waals surface area contributed by atoms with Crippen LogP contribution in [0.15, 0.2) is 0 Å². The summed E-state index contributed by atoms with van der Waals surface area (Å²) in [5.74, 6) is -0.254. The van der Waals surface area contributed by atoms with Crippen molar-refractivity contribution in [2.24, 2.45) is 11.3 Å². The standard InChI is InChI=1S/C12H24O3/c1-6-7-8-15-11(14)12(4,5)10(13)9(2)3/h9-10,13H,6-8H2,1-5H3. The normalized spacial score (nSPS) is 14.1. The molecule has 0 aliphatic heterocycles. The molecule has 3 nitrogen and oxygen atoms in total. The Hall–Kier alpha value is -0.570. The Labute approximate surface area is 92.8 Å². The van der Waals surface area contributed by atoms with E-state index >= 15 is 0 Å². The van der Waals surface area contributed by atoms with Crippen LogP contribution in [0, 0.1) is 11.3 Å². The van der Waals surface area contributed by atoms with Crippen LogP contribution in [0.5, 0.6) is 0 Å². The van der Waals surface area contributed by atoms with Gasteiger partial charge in [0.25, 0.3) is 0 Å². The molecular weight excluding hydrogens is 192 g/mol. The van der Waals surface area contributed by atoms with Crippen molar-refractivity contribution in [2.75, 3.05) is 6.61 Å². The molecule has 0 spiro atoms. The molecule has 0 radical (unpaired) electrons. The largest absolute Gasteiger partial charge is 0.465 e. The van der Waals surface area contributed by atoms with E-state index < -0.39 is 11.5 Å². The number of aliphatic hydroxyl groups is 1. The smallest absolute Gasteiger partial charge is 0.314 e. The van der Waals surface area contributed by atoms with Gasteiger partial charge in [-0.15, -0.1) is 0 Å². The summed E-state index contributed by atoms with van der Waals surface area (Å²) in [4.78, 5) is 11.7. The maximum absolute atomic E-state index is 11.7. The van der Waals surface area contributed by atoms with Gasteiger partial charge in [-0.25, -0.2) is 0 Å². The fourth-order valence-corrected chi connectivity index (χ4v) is 1.45. The van der Waals surface area contributed by atoms with Gasteiger partial charge in [-0.05, 0) is 26.2 Å². The summed E-state index contributed by atoms with van der Waals surface area (Å²) in [6.45, 7) is 9.74. The summed E-state index contributed by atoms with van der Waals surface area (Å²) in [5, 5.41) is 9.88. The highest BCUT2D eigenvalue weighted by atomic mass is 16.5. The van der Waals surface area contributed by atoms with Crippen LogP contribution in [-0.4, -0.2) is 23.8 Å². The molecule has 0 saturated carbocycles. The minimum Gasteiger partial charge on any atom is -0.465 e. The molecule has 0 rings (SSSR count).